The molecule has 0 radical (unpaired) electrons. The minimum atomic E-state index is -0.202. The van der Waals surface area contributed by atoms with E-state index in [1.54, 1.807) is 12.1 Å². The van der Waals surface area contributed by atoms with Gasteiger partial charge in [0.2, 0.25) is 0 Å². The first kappa shape index (κ1) is 15.3. The van der Waals surface area contributed by atoms with Crippen LogP contribution >= 0.6 is 11.6 Å². The molecule has 0 spiro atoms. The summed E-state index contributed by atoms with van der Waals surface area (Å²) in [5, 5.41) is 10.4. The van der Waals surface area contributed by atoms with Crippen molar-refractivity contribution in [3.63, 3.8) is 0 Å². The minimum Gasteiger partial charge on any atom is -0.322 e. The summed E-state index contributed by atoms with van der Waals surface area (Å²) in [7, 11) is 0. The molecule has 4 nitrogen and oxygen atoms in total. The highest BCUT2D eigenvalue weighted by atomic mass is 35.5. The molecule has 23 heavy (non-hydrogen) atoms. The van der Waals surface area contributed by atoms with E-state index >= 15 is 0 Å². The largest absolute Gasteiger partial charge is 0.322 e. The number of nitrogens with one attached hydrogen (secondary N) is 2. The maximum Gasteiger partial charge on any atom is 0.259 e. The van der Waals surface area contributed by atoms with Crippen molar-refractivity contribution in [2.24, 2.45) is 0 Å². The molecule has 2 aromatic carbocycles. The molecule has 2 N–H and O–H groups in total. The summed E-state index contributed by atoms with van der Waals surface area (Å²) in [5.41, 5.74) is 5.10. The van der Waals surface area contributed by atoms with Crippen LogP contribution in [-0.4, -0.2) is 16.1 Å². The van der Waals surface area contributed by atoms with E-state index in [4.69, 9.17) is 11.6 Å². The predicted molar refractivity (Wildman–Crippen MR) is 92.9 cm³/mol. The number of nitrogens with zero attached hydrogens (tertiary/aromatic N) is 1. The van der Waals surface area contributed by atoms with Crippen LogP contribution in [0.25, 0.3) is 11.3 Å². The van der Waals surface area contributed by atoms with E-state index in [-0.39, 0.29) is 5.91 Å². The molecule has 0 atom stereocenters. The van der Waals surface area contributed by atoms with E-state index in [0.717, 1.165) is 16.8 Å². The molecule has 116 valence electrons. The molecule has 0 saturated heterocycles. The Hall–Kier alpha value is -2.59. The van der Waals surface area contributed by atoms with Crippen LogP contribution < -0.4 is 5.32 Å². The van der Waals surface area contributed by atoms with Crippen molar-refractivity contribution in [2.75, 3.05) is 5.32 Å². The van der Waals surface area contributed by atoms with Crippen molar-refractivity contribution in [3.8, 4) is 11.3 Å². The number of H-pyrrole nitrogens is 1. The molecule has 0 aliphatic heterocycles. The molecule has 3 rings (SSSR count). The van der Waals surface area contributed by atoms with Gasteiger partial charge in [0.25, 0.3) is 5.91 Å². The number of carbonyl (C=O) groups excluding carboxylic acids is 1. The predicted octanol–water partition coefficient (Wildman–Crippen LogP) is 4.60. The molecule has 0 bridgehead atoms. The van der Waals surface area contributed by atoms with E-state index in [0.29, 0.717) is 16.3 Å². The normalized spacial score (nSPS) is 10.6. The zero-order chi connectivity index (χ0) is 16.4. The summed E-state index contributed by atoms with van der Waals surface area (Å²) in [6, 6.07) is 13.1. The van der Waals surface area contributed by atoms with Crippen LogP contribution in [0.4, 0.5) is 5.69 Å². The second-order valence-electron chi connectivity index (χ2n) is 5.42. The number of hydrogen-bond acceptors (Lipinski definition) is 2. The number of aromatic nitrogens is 2. The Morgan fingerprint density at radius 3 is 2.52 bits per heavy atom. The van der Waals surface area contributed by atoms with Crippen LogP contribution in [0.1, 0.15) is 21.5 Å². The zero-order valence-corrected chi connectivity index (χ0v) is 13.6. The Bertz CT molecular complexity index is 853. The van der Waals surface area contributed by atoms with Crippen molar-refractivity contribution in [1.29, 1.82) is 0 Å². The smallest absolute Gasteiger partial charge is 0.259 e. The molecular weight excluding hydrogens is 310 g/mol. The van der Waals surface area contributed by atoms with Gasteiger partial charge in [-0.15, -0.1) is 0 Å². The first-order valence-corrected chi connectivity index (χ1v) is 7.60. The molecule has 1 amide bonds. The molecule has 1 aromatic heterocycles. The second-order valence-corrected chi connectivity index (χ2v) is 5.86. The third-order valence-electron chi connectivity index (χ3n) is 3.78. The average Bonchev–Trinajstić information content (AvgIpc) is 3.01. The van der Waals surface area contributed by atoms with Crippen molar-refractivity contribution in [2.45, 2.75) is 13.8 Å². The van der Waals surface area contributed by atoms with Crippen molar-refractivity contribution in [3.05, 3.63) is 70.4 Å². The number of aryl methyl sites for hydroxylation is 2. The zero-order valence-electron chi connectivity index (χ0n) is 12.9. The number of hydrogen-bond donors (Lipinski definition) is 2. The summed E-state index contributed by atoms with van der Waals surface area (Å²) in [4.78, 5) is 12.5. The van der Waals surface area contributed by atoms with Gasteiger partial charge in [-0.1, -0.05) is 29.8 Å². The highest BCUT2D eigenvalue weighted by molar-refractivity contribution is 6.30. The van der Waals surface area contributed by atoms with E-state index in [1.165, 1.54) is 11.8 Å². The lowest BCUT2D eigenvalue weighted by Gasteiger charge is -2.08. The van der Waals surface area contributed by atoms with Gasteiger partial charge in [-0.2, -0.15) is 5.10 Å². The monoisotopic (exact) mass is 325 g/mol. The summed E-state index contributed by atoms with van der Waals surface area (Å²) >= 11 is 5.91. The molecule has 0 saturated carbocycles. The Morgan fingerprint density at radius 2 is 1.83 bits per heavy atom. The molecule has 0 aliphatic rings. The fourth-order valence-corrected chi connectivity index (χ4v) is 2.44. The fourth-order valence-electron chi connectivity index (χ4n) is 2.31. The summed E-state index contributed by atoms with van der Waals surface area (Å²) in [5.74, 6) is -0.202. The summed E-state index contributed by atoms with van der Waals surface area (Å²) in [6.45, 7) is 4.05. The molecule has 0 unspecified atom stereocenters. The van der Waals surface area contributed by atoms with Crippen molar-refractivity contribution in [1.82, 2.24) is 10.2 Å². The van der Waals surface area contributed by atoms with Crippen LogP contribution in [0.2, 0.25) is 5.02 Å². The second kappa shape index (κ2) is 6.26. The van der Waals surface area contributed by atoms with Crippen LogP contribution in [0.15, 0.2) is 48.7 Å². The number of amides is 1. The summed E-state index contributed by atoms with van der Waals surface area (Å²) in [6.07, 6.45) is 1.53. The lowest BCUT2D eigenvalue weighted by atomic mass is 10.1. The SMILES string of the molecule is Cc1ccc(NC(=O)c2cn[nH]c2-c2ccc(Cl)cc2)cc1C. The molecule has 0 fully saturated rings. The van der Waals surface area contributed by atoms with E-state index in [2.05, 4.69) is 15.5 Å². The van der Waals surface area contributed by atoms with Gasteiger partial charge in [0.05, 0.1) is 17.5 Å². The standard InChI is InChI=1S/C18H16ClN3O/c1-11-3-8-15(9-12(11)2)21-18(23)16-10-20-22-17(16)13-4-6-14(19)7-5-13/h3-10H,1-2H3,(H,20,22)(H,21,23). The maximum absolute atomic E-state index is 12.5. The number of rotatable bonds is 3. The average molecular weight is 326 g/mol. The highest BCUT2D eigenvalue weighted by Crippen LogP contribution is 2.24. The Kier molecular flexibility index (Phi) is 4.17. The Balaban J connectivity index is 1.87. The lowest BCUT2D eigenvalue weighted by molar-refractivity contribution is 0.102. The summed E-state index contributed by atoms with van der Waals surface area (Å²) < 4.78 is 0. The first-order chi connectivity index (χ1) is 11.0. The van der Waals surface area contributed by atoms with Gasteiger partial charge >= 0.3 is 0 Å². The molecule has 0 aliphatic carbocycles. The number of aromatic amines is 1. The quantitative estimate of drug-likeness (QED) is 0.739. The van der Waals surface area contributed by atoms with Gasteiger partial charge < -0.3 is 5.32 Å². The third kappa shape index (κ3) is 3.27. The van der Waals surface area contributed by atoms with E-state index < -0.39 is 0 Å². The molecule has 5 heteroatoms. The van der Waals surface area contributed by atoms with Crippen molar-refractivity contribution >= 4 is 23.2 Å². The maximum atomic E-state index is 12.5. The van der Waals surface area contributed by atoms with Crippen LogP contribution in [0.5, 0.6) is 0 Å². The lowest BCUT2D eigenvalue weighted by Crippen LogP contribution is -2.12. The van der Waals surface area contributed by atoms with E-state index in [9.17, 15) is 4.79 Å². The third-order valence-corrected chi connectivity index (χ3v) is 4.03. The van der Waals surface area contributed by atoms with Gasteiger partial charge in [0.1, 0.15) is 0 Å². The first-order valence-electron chi connectivity index (χ1n) is 7.22. The van der Waals surface area contributed by atoms with Gasteiger partial charge in [0, 0.05) is 16.3 Å². The van der Waals surface area contributed by atoms with Crippen molar-refractivity contribution < 1.29 is 4.79 Å². The van der Waals surface area contributed by atoms with Crippen LogP contribution in [0.3, 0.4) is 0 Å². The number of carbonyl (C=O) groups is 1. The molecule has 3 aromatic rings. The number of halogens is 1. The van der Waals surface area contributed by atoms with Gasteiger partial charge in [0.15, 0.2) is 0 Å². The molecule has 1 heterocycles. The molecular formula is C18H16ClN3O. The number of benzene rings is 2. The van der Waals surface area contributed by atoms with Gasteiger partial charge in [-0.25, -0.2) is 0 Å². The minimum absolute atomic E-state index is 0.202. The van der Waals surface area contributed by atoms with Gasteiger partial charge in [-0.3, -0.25) is 9.89 Å². The highest BCUT2D eigenvalue weighted by Gasteiger charge is 2.15. The van der Waals surface area contributed by atoms with E-state index in [1.807, 2.05) is 44.2 Å². The Morgan fingerprint density at radius 1 is 1.09 bits per heavy atom. The Labute approximate surface area is 139 Å². The fraction of sp³-hybridized carbons (Fsp3) is 0.111. The number of anilines is 1. The topological polar surface area (TPSA) is 57.8 Å². The van der Waals surface area contributed by atoms with Crippen LogP contribution in [0, 0.1) is 13.8 Å². The van der Waals surface area contributed by atoms with Gasteiger partial charge in [-0.05, 0) is 49.2 Å². The van der Waals surface area contributed by atoms with Crippen LogP contribution in [-0.2, 0) is 0 Å².